The zero-order valence-electron chi connectivity index (χ0n) is 17.8. The van der Waals surface area contributed by atoms with E-state index in [2.05, 4.69) is 42.8 Å². The Morgan fingerprint density at radius 3 is 2.69 bits per heavy atom. The number of pyridine rings is 1. The normalized spacial score (nSPS) is 22.7. The van der Waals surface area contributed by atoms with Gasteiger partial charge in [0, 0.05) is 41.6 Å². The van der Waals surface area contributed by atoms with E-state index < -0.39 is 0 Å². The molecule has 5 heteroatoms. The van der Waals surface area contributed by atoms with Crippen molar-refractivity contribution in [3.8, 4) is 10.6 Å². The molecule has 0 aromatic carbocycles. The van der Waals surface area contributed by atoms with E-state index in [1.807, 2.05) is 19.2 Å². The number of likely N-dealkylation sites (tertiary alicyclic amines) is 1. The fourth-order valence-electron chi connectivity index (χ4n) is 4.21. The number of aliphatic hydroxyl groups is 1. The van der Waals surface area contributed by atoms with E-state index in [1.165, 1.54) is 10.5 Å². The van der Waals surface area contributed by atoms with Gasteiger partial charge in [-0.05, 0) is 66.9 Å². The van der Waals surface area contributed by atoms with Crippen molar-refractivity contribution in [1.29, 1.82) is 0 Å². The van der Waals surface area contributed by atoms with Crippen LogP contribution in [0.2, 0.25) is 5.02 Å². The monoisotopic (exact) mass is 430 g/mol. The predicted molar refractivity (Wildman–Crippen MR) is 123 cm³/mol. The van der Waals surface area contributed by atoms with E-state index >= 15 is 0 Å². The Balaban J connectivity index is 1.51. The molecule has 1 saturated carbocycles. The maximum absolute atomic E-state index is 10.7. The molecular weight excluding hydrogens is 400 g/mol. The van der Waals surface area contributed by atoms with Gasteiger partial charge in [0.1, 0.15) is 0 Å². The van der Waals surface area contributed by atoms with E-state index in [-0.39, 0.29) is 11.3 Å². The molecule has 29 heavy (non-hydrogen) atoms. The quantitative estimate of drug-likeness (QED) is 0.538. The molecule has 0 spiro atoms. The second-order valence-corrected chi connectivity index (χ2v) is 11.3. The van der Waals surface area contributed by atoms with Crippen LogP contribution in [-0.2, 0) is 6.54 Å². The molecule has 2 fully saturated rings. The second-order valence-electron chi connectivity index (χ2n) is 9.76. The summed E-state index contributed by atoms with van der Waals surface area (Å²) < 4.78 is 0. The van der Waals surface area contributed by atoms with E-state index in [4.69, 9.17) is 11.6 Å². The molecular formula is C24H31ClN2OS. The second kappa shape index (κ2) is 8.05. The summed E-state index contributed by atoms with van der Waals surface area (Å²) in [6.45, 7) is 11.9. The van der Waals surface area contributed by atoms with Gasteiger partial charge < -0.3 is 5.11 Å². The van der Waals surface area contributed by atoms with Crippen LogP contribution < -0.4 is 0 Å². The van der Waals surface area contributed by atoms with Crippen LogP contribution >= 0.6 is 22.9 Å². The molecule has 1 aliphatic heterocycles. The molecule has 0 bridgehead atoms. The van der Waals surface area contributed by atoms with Gasteiger partial charge in [-0.15, -0.1) is 11.3 Å². The van der Waals surface area contributed by atoms with Crippen LogP contribution in [0.5, 0.6) is 0 Å². The van der Waals surface area contributed by atoms with Crippen molar-refractivity contribution in [2.45, 2.75) is 53.5 Å². The first kappa shape index (κ1) is 20.9. The minimum atomic E-state index is 0.245. The van der Waals surface area contributed by atoms with Gasteiger partial charge in [-0.2, -0.15) is 0 Å². The highest BCUT2D eigenvalue weighted by Crippen LogP contribution is 2.42. The van der Waals surface area contributed by atoms with E-state index in [0.717, 1.165) is 60.1 Å². The highest BCUT2D eigenvalue weighted by atomic mass is 35.5. The van der Waals surface area contributed by atoms with Crippen LogP contribution in [0.3, 0.4) is 0 Å². The summed E-state index contributed by atoms with van der Waals surface area (Å²) in [6, 6.07) is 6.32. The first-order chi connectivity index (χ1) is 13.7. The molecule has 1 saturated heterocycles. The van der Waals surface area contributed by atoms with Gasteiger partial charge in [-0.3, -0.25) is 9.88 Å². The number of aliphatic hydroxyl groups excluding tert-OH is 1. The number of thiophene rings is 1. The first-order valence-electron chi connectivity index (χ1n) is 10.5. The number of allylic oxidation sites excluding steroid dienone is 1. The molecule has 2 aromatic rings. The van der Waals surface area contributed by atoms with Gasteiger partial charge in [-0.25, -0.2) is 0 Å². The van der Waals surface area contributed by atoms with Crippen molar-refractivity contribution >= 4 is 22.9 Å². The minimum Gasteiger partial charge on any atom is -0.512 e. The first-order valence-corrected chi connectivity index (χ1v) is 11.7. The third kappa shape index (κ3) is 4.87. The van der Waals surface area contributed by atoms with E-state index in [1.54, 1.807) is 11.3 Å². The number of piperidine rings is 1. The van der Waals surface area contributed by atoms with Gasteiger partial charge >= 0.3 is 0 Å². The smallest absolute Gasteiger partial charge is 0.0958 e. The highest BCUT2D eigenvalue weighted by Gasteiger charge is 2.37. The fraction of sp³-hybridized carbons (Fsp3) is 0.542. The molecule has 3 heterocycles. The average molecular weight is 431 g/mol. The van der Waals surface area contributed by atoms with Gasteiger partial charge in [0.2, 0.25) is 0 Å². The summed E-state index contributed by atoms with van der Waals surface area (Å²) in [5.74, 6) is 1.55. The highest BCUT2D eigenvalue weighted by molar-refractivity contribution is 7.15. The van der Waals surface area contributed by atoms with Gasteiger partial charge in [0.05, 0.1) is 16.3 Å². The van der Waals surface area contributed by atoms with Crippen molar-refractivity contribution in [3.05, 3.63) is 51.2 Å². The number of hydrogen-bond donors (Lipinski definition) is 1. The summed E-state index contributed by atoms with van der Waals surface area (Å²) in [7, 11) is 0. The molecule has 1 N–H and O–H groups in total. The maximum Gasteiger partial charge on any atom is 0.0958 e. The van der Waals surface area contributed by atoms with Crippen LogP contribution in [0.1, 0.15) is 50.5 Å². The molecule has 1 aliphatic carbocycles. The largest absolute Gasteiger partial charge is 0.512 e. The average Bonchev–Trinajstić information content (AvgIpc) is 3.42. The number of aryl methyl sites for hydroxylation is 1. The summed E-state index contributed by atoms with van der Waals surface area (Å²) in [5, 5.41) is 11.5. The molecule has 2 aliphatic rings. The Morgan fingerprint density at radius 2 is 2.03 bits per heavy atom. The SMILES string of the molecule is Cc1cnc(-c2ccc(CN3CC(C(O)=C4CC4)CC(C(C)(C)C)C3)s2)cc1Cl. The maximum atomic E-state index is 10.7. The van der Waals surface area contributed by atoms with Crippen LogP contribution in [0.4, 0.5) is 0 Å². The van der Waals surface area contributed by atoms with Gasteiger partial charge in [0.25, 0.3) is 0 Å². The van der Waals surface area contributed by atoms with Crippen LogP contribution in [-0.4, -0.2) is 28.1 Å². The molecule has 2 unspecified atom stereocenters. The lowest BCUT2D eigenvalue weighted by Crippen LogP contribution is -2.44. The van der Waals surface area contributed by atoms with Crippen molar-refractivity contribution in [2.24, 2.45) is 17.3 Å². The molecule has 4 rings (SSSR count). The lowest BCUT2D eigenvalue weighted by atomic mass is 9.73. The van der Waals surface area contributed by atoms with Crippen molar-refractivity contribution in [1.82, 2.24) is 9.88 Å². The number of aromatic nitrogens is 1. The molecule has 3 nitrogen and oxygen atoms in total. The molecule has 156 valence electrons. The Kier molecular flexibility index (Phi) is 5.80. The summed E-state index contributed by atoms with van der Waals surface area (Å²) in [5.41, 5.74) is 3.47. The number of nitrogens with zero attached hydrogens (tertiary/aromatic N) is 2. The van der Waals surface area contributed by atoms with Crippen molar-refractivity contribution < 1.29 is 5.11 Å². The Bertz CT molecular complexity index is 921. The zero-order valence-corrected chi connectivity index (χ0v) is 19.4. The number of rotatable bonds is 4. The zero-order chi connectivity index (χ0) is 20.8. The fourth-order valence-corrected chi connectivity index (χ4v) is 5.38. The lowest BCUT2D eigenvalue weighted by Gasteiger charge is -2.43. The third-order valence-corrected chi connectivity index (χ3v) is 7.83. The summed E-state index contributed by atoms with van der Waals surface area (Å²) in [4.78, 5) is 9.58. The summed E-state index contributed by atoms with van der Waals surface area (Å²) >= 11 is 8.08. The molecule has 0 amide bonds. The lowest BCUT2D eigenvalue weighted by molar-refractivity contribution is 0.0557. The molecule has 0 radical (unpaired) electrons. The van der Waals surface area contributed by atoms with Crippen molar-refractivity contribution in [3.63, 3.8) is 0 Å². The van der Waals surface area contributed by atoms with Crippen LogP contribution in [0, 0.1) is 24.2 Å². The number of halogens is 1. The Hall–Kier alpha value is -1.36. The Morgan fingerprint density at radius 1 is 1.28 bits per heavy atom. The van der Waals surface area contributed by atoms with E-state index in [0.29, 0.717) is 11.7 Å². The Labute approximate surface area is 183 Å². The molecule has 2 aromatic heterocycles. The minimum absolute atomic E-state index is 0.245. The van der Waals surface area contributed by atoms with Gasteiger partial charge in [-0.1, -0.05) is 32.4 Å². The standard InChI is InChI=1S/C24H31ClN2OS/c1-15-11-26-21(10-20(15)25)22-8-7-19(29-22)14-27-12-17(23(28)16-5-6-16)9-18(13-27)24(2,3)4/h7-8,10-11,17-18,28H,5-6,9,12-14H2,1-4H3. The van der Waals surface area contributed by atoms with Crippen molar-refractivity contribution in [2.75, 3.05) is 13.1 Å². The van der Waals surface area contributed by atoms with E-state index in [9.17, 15) is 5.11 Å². The molecule has 2 atom stereocenters. The van der Waals surface area contributed by atoms with Gasteiger partial charge in [0.15, 0.2) is 0 Å². The summed E-state index contributed by atoms with van der Waals surface area (Å²) in [6.07, 6.45) is 5.11. The number of hydrogen-bond acceptors (Lipinski definition) is 4. The topological polar surface area (TPSA) is 36.4 Å². The van der Waals surface area contributed by atoms with Crippen LogP contribution in [0.15, 0.2) is 35.7 Å². The predicted octanol–water partition coefficient (Wildman–Crippen LogP) is 6.86. The van der Waals surface area contributed by atoms with Crippen LogP contribution in [0.25, 0.3) is 10.6 Å². The third-order valence-electron chi connectivity index (χ3n) is 6.33.